The van der Waals surface area contributed by atoms with Gasteiger partial charge in [-0.3, -0.25) is 0 Å². The summed E-state index contributed by atoms with van der Waals surface area (Å²) in [5.41, 5.74) is 10.0. The van der Waals surface area contributed by atoms with Crippen molar-refractivity contribution in [1.29, 1.82) is 0 Å². The molecule has 1 aromatic heterocycles. The molecule has 6 nitrogen and oxygen atoms in total. The van der Waals surface area contributed by atoms with Gasteiger partial charge in [0, 0.05) is 12.1 Å². The number of hydrogen-bond donors (Lipinski definition) is 2. The topological polar surface area (TPSA) is 100 Å². The fourth-order valence-electron chi connectivity index (χ4n) is 1.28. The van der Waals surface area contributed by atoms with Crippen LogP contribution in [0.2, 0.25) is 0 Å². The number of nitrogens with two attached hydrogens (primary N) is 2. The zero-order valence-electron chi connectivity index (χ0n) is 9.25. The molecule has 100 valence electrons. The van der Waals surface area contributed by atoms with Crippen molar-refractivity contribution in [2.75, 3.05) is 12.8 Å². The molecule has 1 aromatic rings. The highest BCUT2D eigenvalue weighted by Crippen LogP contribution is 2.29. The van der Waals surface area contributed by atoms with E-state index >= 15 is 0 Å². The van der Waals surface area contributed by atoms with E-state index in [0.29, 0.717) is 0 Å². The number of nitrogens with zero attached hydrogens (tertiary/aromatic N) is 1. The number of rotatable bonds is 3. The molecule has 18 heavy (non-hydrogen) atoms. The number of hydrogen-bond acceptors (Lipinski definition) is 6. The Bertz CT molecular complexity index is 462. The molecule has 4 N–H and O–H groups in total. The summed E-state index contributed by atoms with van der Waals surface area (Å²) in [5.74, 6) is -1.73. The quantitative estimate of drug-likeness (QED) is 0.784. The highest BCUT2D eigenvalue weighted by atomic mass is 19.4. The molecule has 1 heterocycles. The van der Waals surface area contributed by atoms with E-state index in [1.165, 1.54) is 0 Å². The minimum atomic E-state index is -4.94. The second-order valence-corrected chi connectivity index (χ2v) is 3.12. The molecule has 0 aliphatic rings. The molecule has 0 unspecified atom stereocenters. The second kappa shape index (κ2) is 5.08. The summed E-state index contributed by atoms with van der Waals surface area (Å²) in [5, 5.41) is 0. The lowest BCUT2D eigenvalue weighted by atomic mass is 10.1. The van der Waals surface area contributed by atoms with Gasteiger partial charge in [-0.25, -0.2) is 9.78 Å². The van der Waals surface area contributed by atoms with E-state index in [1.807, 2.05) is 0 Å². The van der Waals surface area contributed by atoms with Crippen LogP contribution in [-0.2, 0) is 11.3 Å². The highest BCUT2D eigenvalue weighted by Gasteiger charge is 2.34. The van der Waals surface area contributed by atoms with Crippen LogP contribution in [0.4, 0.5) is 18.9 Å². The van der Waals surface area contributed by atoms with Gasteiger partial charge in [-0.05, 0) is 0 Å². The largest absolute Gasteiger partial charge is 0.574 e. The molecule has 0 aromatic carbocycles. The van der Waals surface area contributed by atoms with Crippen LogP contribution in [0.1, 0.15) is 15.9 Å². The Balaban J connectivity index is 3.34. The zero-order valence-corrected chi connectivity index (χ0v) is 9.25. The number of pyridine rings is 1. The molecular weight excluding hydrogens is 255 g/mol. The van der Waals surface area contributed by atoms with Gasteiger partial charge in [0.05, 0.1) is 24.6 Å². The van der Waals surface area contributed by atoms with Gasteiger partial charge in [0.2, 0.25) is 5.88 Å². The third-order valence-electron chi connectivity index (χ3n) is 1.98. The standard InChI is InChI=1S/C9H10F3N3O3/c1-17-8(16)6-4(2-13)7(15-3-5(6)14)18-9(10,11)12/h3H,2,13-14H2,1H3. The van der Waals surface area contributed by atoms with Gasteiger partial charge in [-0.2, -0.15) is 0 Å². The molecule has 0 bridgehead atoms. The average Bonchev–Trinajstić information content (AvgIpc) is 2.28. The Morgan fingerprint density at radius 1 is 1.50 bits per heavy atom. The molecule has 0 spiro atoms. The fourth-order valence-corrected chi connectivity index (χ4v) is 1.28. The maximum Gasteiger partial charge on any atom is 0.574 e. The number of carbonyl (C=O) groups is 1. The van der Waals surface area contributed by atoms with E-state index in [-0.39, 0.29) is 16.8 Å². The number of aromatic nitrogens is 1. The lowest BCUT2D eigenvalue weighted by Crippen LogP contribution is -2.22. The Morgan fingerprint density at radius 2 is 2.11 bits per heavy atom. The number of carbonyl (C=O) groups excluding carboxylic acids is 1. The number of anilines is 1. The zero-order chi connectivity index (χ0) is 13.9. The minimum absolute atomic E-state index is 0.142. The molecule has 9 heteroatoms. The molecule has 0 aliphatic heterocycles. The lowest BCUT2D eigenvalue weighted by molar-refractivity contribution is -0.276. The molecule has 0 fully saturated rings. The minimum Gasteiger partial charge on any atom is -0.465 e. The van der Waals surface area contributed by atoms with E-state index < -0.39 is 24.8 Å². The summed E-state index contributed by atoms with van der Waals surface area (Å²) in [7, 11) is 1.06. The first-order valence-electron chi connectivity index (χ1n) is 4.61. The molecule has 0 atom stereocenters. The normalized spacial score (nSPS) is 11.2. The number of nitrogen functional groups attached to an aromatic ring is 1. The molecular formula is C9H10F3N3O3. The third kappa shape index (κ3) is 3.00. The van der Waals surface area contributed by atoms with Crippen LogP contribution in [0.5, 0.6) is 5.88 Å². The summed E-state index contributed by atoms with van der Waals surface area (Å²) >= 11 is 0. The second-order valence-electron chi connectivity index (χ2n) is 3.12. The fraction of sp³-hybridized carbons (Fsp3) is 0.333. The number of methoxy groups -OCH3 is 1. The number of ether oxygens (including phenoxy) is 2. The van der Waals surface area contributed by atoms with Crippen LogP contribution in [0, 0.1) is 0 Å². The Kier molecular flexibility index (Phi) is 3.96. The van der Waals surface area contributed by atoms with Crippen molar-refractivity contribution >= 4 is 11.7 Å². The first kappa shape index (κ1) is 14.0. The van der Waals surface area contributed by atoms with Crippen LogP contribution < -0.4 is 16.2 Å². The summed E-state index contributed by atoms with van der Waals surface area (Å²) in [6, 6.07) is 0. The predicted octanol–water partition coefficient (Wildman–Crippen LogP) is 0.808. The summed E-state index contributed by atoms with van der Waals surface area (Å²) in [6.07, 6.45) is -4.08. The van der Waals surface area contributed by atoms with E-state index in [2.05, 4.69) is 14.5 Å². The van der Waals surface area contributed by atoms with Gasteiger partial charge in [0.15, 0.2) is 0 Å². The lowest BCUT2D eigenvalue weighted by Gasteiger charge is -2.14. The Morgan fingerprint density at radius 3 is 2.56 bits per heavy atom. The van der Waals surface area contributed by atoms with Crippen molar-refractivity contribution in [3.63, 3.8) is 0 Å². The van der Waals surface area contributed by atoms with Gasteiger partial charge < -0.3 is 20.9 Å². The maximum absolute atomic E-state index is 12.1. The summed E-state index contributed by atoms with van der Waals surface area (Å²) in [6.45, 7) is -0.409. The maximum atomic E-state index is 12.1. The molecule has 0 saturated carbocycles. The van der Waals surface area contributed by atoms with Crippen molar-refractivity contribution in [3.05, 3.63) is 17.3 Å². The van der Waals surface area contributed by atoms with Crippen LogP contribution in [0.25, 0.3) is 0 Å². The SMILES string of the molecule is COC(=O)c1c(N)cnc(OC(F)(F)F)c1CN. The van der Waals surface area contributed by atoms with Gasteiger partial charge in [-0.1, -0.05) is 0 Å². The third-order valence-corrected chi connectivity index (χ3v) is 1.98. The van der Waals surface area contributed by atoms with Crippen molar-refractivity contribution < 1.29 is 27.4 Å². The van der Waals surface area contributed by atoms with Crippen molar-refractivity contribution in [2.24, 2.45) is 5.73 Å². The van der Waals surface area contributed by atoms with Gasteiger partial charge >= 0.3 is 12.3 Å². The van der Waals surface area contributed by atoms with Crippen LogP contribution in [0.3, 0.4) is 0 Å². The smallest absolute Gasteiger partial charge is 0.465 e. The first-order chi connectivity index (χ1) is 8.30. The van der Waals surface area contributed by atoms with E-state index in [1.54, 1.807) is 0 Å². The van der Waals surface area contributed by atoms with Gasteiger partial charge in [0.25, 0.3) is 0 Å². The molecule has 0 saturated heterocycles. The Labute approximate surface area is 99.7 Å². The Hall–Kier alpha value is -2.03. The van der Waals surface area contributed by atoms with Crippen molar-refractivity contribution in [2.45, 2.75) is 12.9 Å². The van der Waals surface area contributed by atoms with Gasteiger partial charge in [0.1, 0.15) is 0 Å². The molecule has 0 aliphatic carbocycles. The molecule has 1 rings (SSSR count). The van der Waals surface area contributed by atoms with Crippen molar-refractivity contribution in [3.8, 4) is 5.88 Å². The number of esters is 1. The van der Waals surface area contributed by atoms with Gasteiger partial charge in [-0.15, -0.1) is 13.2 Å². The van der Waals surface area contributed by atoms with Crippen LogP contribution in [0.15, 0.2) is 6.20 Å². The monoisotopic (exact) mass is 265 g/mol. The number of alkyl halides is 3. The summed E-state index contributed by atoms with van der Waals surface area (Å²) < 4.78 is 44.4. The van der Waals surface area contributed by atoms with E-state index in [4.69, 9.17) is 11.5 Å². The van der Waals surface area contributed by atoms with E-state index in [0.717, 1.165) is 13.3 Å². The van der Waals surface area contributed by atoms with Crippen LogP contribution in [-0.4, -0.2) is 24.4 Å². The van der Waals surface area contributed by atoms with Crippen molar-refractivity contribution in [1.82, 2.24) is 4.98 Å². The number of halogens is 3. The molecule has 0 amide bonds. The highest BCUT2D eigenvalue weighted by molar-refractivity contribution is 5.97. The first-order valence-corrected chi connectivity index (χ1v) is 4.61. The van der Waals surface area contributed by atoms with E-state index in [9.17, 15) is 18.0 Å². The molecule has 0 radical (unpaired) electrons. The predicted molar refractivity (Wildman–Crippen MR) is 54.6 cm³/mol. The average molecular weight is 265 g/mol. The summed E-state index contributed by atoms with van der Waals surface area (Å²) in [4.78, 5) is 14.8. The van der Waals surface area contributed by atoms with Crippen LogP contribution >= 0.6 is 0 Å².